The van der Waals surface area contributed by atoms with Crippen molar-refractivity contribution in [2.24, 2.45) is 17.1 Å². The van der Waals surface area contributed by atoms with Crippen molar-refractivity contribution in [3.05, 3.63) is 33.8 Å². The van der Waals surface area contributed by atoms with Gasteiger partial charge in [-0.25, -0.2) is 8.78 Å². The van der Waals surface area contributed by atoms with Crippen LogP contribution in [0.15, 0.2) is 16.6 Å². The van der Waals surface area contributed by atoms with Gasteiger partial charge in [-0.05, 0) is 78.0 Å². The maximum Gasteiger partial charge on any atom is 0.143 e. The topological polar surface area (TPSA) is 26.0 Å². The Morgan fingerprint density at radius 1 is 1.29 bits per heavy atom. The van der Waals surface area contributed by atoms with Crippen molar-refractivity contribution < 1.29 is 8.78 Å². The standard InChI is InChI=1S/C17H24BrF2N/c1-2-3-12-6-8-17(11-21,9-7-12)10-13-15(19)5-4-14(18)16(13)20/h4-5,12H,2-3,6-11,21H2,1H3. The SMILES string of the molecule is CCCC1CCC(CN)(Cc2c(F)ccc(Br)c2F)CC1. The highest BCUT2D eigenvalue weighted by molar-refractivity contribution is 9.10. The molecular formula is C17H24BrF2N. The number of rotatable bonds is 5. The summed E-state index contributed by atoms with van der Waals surface area (Å²) >= 11 is 3.14. The van der Waals surface area contributed by atoms with Gasteiger partial charge in [0.15, 0.2) is 0 Å². The number of halogens is 3. The van der Waals surface area contributed by atoms with E-state index in [4.69, 9.17) is 5.73 Å². The summed E-state index contributed by atoms with van der Waals surface area (Å²) in [6.07, 6.45) is 7.05. The summed E-state index contributed by atoms with van der Waals surface area (Å²) in [6.45, 7) is 2.70. The minimum atomic E-state index is -0.474. The van der Waals surface area contributed by atoms with E-state index in [1.807, 2.05) is 0 Å². The Bertz CT molecular complexity index is 482. The van der Waals surface area contributed by atoms with Gasteiger partial charge < -0.3 is 5.73 Å². The van der Waals surface area contributed by atoms with Gasteiger partial charge in [0, 0.05) is 5.56 Å². The van der Waals surface area contributed by atoms with Crippen molar-refractivity contribution in [2.45, 2.75) is 51.9 Å². The van der Waals surface area contributed by atoms with E-state index in [-0.39, 0.29) is 11.0 Å². The van der Waals surface area contributed by atoms with E-state index in [1.165, 1.54) is 25.0 Å². The minimum Gasteiger partial charge on any atom is -0.330 e. The van der Waals surface area contributed by atoms with Crippen LogP contribution in [0.1, 0.15) is 51.0 Å². The molecule has 0 bridgehead atoms. The zero-order chi connectivity index (χ0) is 15.5. The summed E-state index contributed by atoms with van der Waals surface area (Å²) in [4.78, 5) is 0. The molecule has 1 aromatic carbocycles. The van der Waals surface area contributed by atoms with E-state index in [0.29, 0.717) is 17.4 Å². The summed E-state index contributed by atoms with van der Waals surface area (Å²) in [5.74, 6) is -0.176. The molecule has 4 heteroatoms. The van der Waals surface area contributed by atoms with Gasteiger partial charge in [0.2, 0.25) is 0 Å². The number of benzene rings is 1. The molecule has 0 heterocycles. The molecule has 2 N–H and O–H groups in total. The Kier molecular flexibility index (Phi) is 5.78. The molecule has 0 saturated heterocycles. The molecule has 0 atom stereocenters. The van der Waals surface area contributed by atoms with E-state index in [9.17, 15) is 8.78 Å². The molecule has 0 aromatic heterocycles. The highest BCUT2D eigenvalue weighted by Gasteiger charge is 2.35. The summed E-state index contributed by atoms with van der Waals surface area (Å²) < 4.78 is 28.5. The van der Waals surface area contributed by atoms with Crippen LogP contribution in [0.25, 0.3) is 0 Å². The van der Waals surface area contributed by atoms with Crippen LogP contribution in [0.4, 0.5) is 8.78 Å². The Morgan fingerprint density at radius 2 is 1.95 bits per heavy atom. The van der Waals surface area contributed by atoms with Gasteiger partial charge in [-0.1, -0.05) is 19.8 Å². The van der Waals surface area contributed by atoms with Gasteiger partial charge >= 0.3 is 0 Å². The first kappa shape index (κ1) is 16.9. The van der Waals surface area contributed by atoms with Crippen LogP contribution >= 0.6 is 15.9 Å². The Morgan fingerprint density at radius 3 is 2.52 bits per heavy atom. The van der Waals surface area contributed by atoms with E-state index >= 15 is 0 Å². The molecule has 1 aliphatic carbocycles. The Balaban J connectivity index is 2.15. The lowest BCUT2D eigenvalue weighted by Gasteiger charge is -2.40. The smallest absolute Gasteiger partial charge is 0.143 e. The monoisotopic (exact) mass is 359 g/mol. The summed E-state index contributed by atoms with van der Waals surface area (Å²) in [6, 6.07) is 2.75. The van der Waals surface area contributed by atoms with E-state index < -0.39 is 11.6 Å². The molecule has 1 aliphatic rings. The normalized spacial score (nSPS) is 26.0. The molecule has 2 rings (SSSR count). The number of nitrogens with two attached hydrogens (primary N) is 1. The van der Waals surface area contributed by atoms with E-state index in [0.717, 1.165) is 31.6 Å². The predicted octanol–water partition coefficient (Wildman–Crippen LogP) is 5.21. The van der Waals surface area contributed by atoms with Crippen LogP contribution in [0, 0.1) is 23.0 Å². The highest BCUT2D eigenvalue weighted by Crippen LogP contribution is 2.43. The van der Waals surface area contributed by atoms with Crippen molar-refractivity contribution >= 4 is 15.9 Å². The van der Waals surface area contributed by atoms with Gasteiger partial charge in [-0.2, -0.15) is 0 Å². The lowest BCUT2D eigenvalue weighted by Crippen LogP contribution is -2.37. The molecule has 0 amide bonds. The quantitative estimate of drug-likeness (QED) is 0.717. The second kappa shape index (κ2) is 7.19. The number of hydrogen-bond acceptors (Lipinski definition) is 1. The van der Waals surface area contributed by atoms with Crippen LogP contribution in [0.5, 0.6) is 0 Å². The average Bonchev–Trinajstić information content (AvgIpc) is 2.50. The Hall–Kier alpha value is -0.480. The Labute approximate surface area is 134 Å². The van der Waals surface area contributed by atoms with Crippen molar-refractivity contribution in [1.82, 2.24) is 0 Å². The van der Waals surface area contributed by atoms with Crippen molar-refractivity contribution in [1.29, 1.82) is 0 Å². The zero-order valence-corrected chi connectivity index (χ0v) is 14.2. The lowest BCUT2D eigenvalue weighted by molar-refractivity contribution is 0.148. The maximum absolute atomic E-state index is 14.2. The van der Waals surface area contributed by atoms with Crippen LogP contribution in [0.3, 0.4) is 0 Å². The molecular weight excluding hydrogens is 336 g/mol. The third-order valence-electron chi connectivity index (χ3n) is 4.99. The van der Waals surface area contributed by atoms with Gasteiger partial charge in [0.05, 0.1) is 4.47 Å². The molecule has 1 nitrogen and oxygen atoms in total. The maximum atomic E-state index is 14.2. The van der Waals surface area contributed by atoms with Gasteiger partial charge in [0.1, 0.15) is 11.6 Å². The fourth-order valence-corrected chi connectivity index (χ4v) is 3.92. The van der Waals surface area contributed by atoms with Crippen molar-refractivity contribution in [3.63, 3.8) is 0 Å². The van der Waals surface area contributed by atoms with Crippen LogP contribution in [-0.2, 0) is 6.42 Å². The molecule has 0 spiro atoms. The van der Waals surface area contributed by atoms with Gasteiger partial charge in [-0.15, -0.1) is 0 Å². The lowest BCUT2D eigenvalue weighted by atomic mass is 9.66. The molecule has 1 fully saturated rings. The zero-order valence-electron chi connectivity index (χ0n) is 12.6. The number of hydrogen-bond donors (Lipinski definition) is 1. The molecule has 118 valence electrons. The summed E-state index contributed by atoms with van der Waals surface area (Å²) in [5, 5.41) is 0. The molecule has 21 heavy (non-hydrogen) atoms. The molecule has 1 saturated carbocycles. The van der Waals surface area contributed by atoms with Crippen molar-refractivity contribution in [2.75, 3.05) is 6.54 Å². The van der Waals surface area contributed by atoms with Crippen LogP contribution < -0.4 is 5.73 Å². The second-order valence-electron chi connectivity index (χ2n) is 6.43. The first-order valence-corrected chi connectivity index (χ1v) is 8.63. The van der Waals surface area contributed by atoms with Crippen LogP contribution in [0.2, 0.25) is 0 Å². The van der Waals surface area contributed by atoms with Crippen LogP contribution in [-0.4, -0.2) is 6.54 Å². The largest absolute Gasteiger partial charge is 0.330 e. The summed E-state index contributed by atoms with van der Waals surface area (Å²) in [7, 11) is 0. The van der Waals surface area contributed by atoms with Gasteiger partial charge in [0.25, 0.3) is 0 Å². The highest BCUT2D eigenvalue weighted by atomic mass is 79.9. The molecule has 1 aromatic rings. The first-order chi connectivity index (χ1) is 10.0. The average molecular weight is 360 g/mol. The first-order valence-electron chi connectivity index (χ1n) is 7.84. The molecule has 0 radical (unpaired) electrons. The van der Waals surface area contributed by atoms with Crippen molar-refractivity contribution in [3.8, 4) is 0 Å². The predicted molar refractivity (Wildman–Crippen MR) is 86.1 cm³/mol. The summed E-state index contributed by atoms with van der Waals surface area (Å²) in [5.41, 5.74) is 6.02. The fourth-order valence-electron chi connectivity index (χ4n) is 3.55. The molecule has 0 aliphatic heterocycles. The minimum absolute atomic E-state index is 0.146. The third kappa shape index (κ3) is 3.84. The van der Waals surface area contributed by atoms with E-state index in [1.54, 1.807) is 0 Å². The van der Waals surface area contributed by atoms with E-state index in [2.05, 4.69) is 22.9 Å². The second-order valence-corrected chi connectivity index (χ2v) is 7.29. The molecule has 0 unspecified atom stereocenters. The third-order valence-corrected chi connectivity index (χ3v) is 5.60. The fraction of sp³-hybridized carbons (Fsp3) is 0.647. The van der Waals surface area contributed by atoms with Gasteiger partial charge in [-0.3, -0.25) is 0 Å².